The lowest BCUT2D eigenvalue weighted by Gasteiger charge is -2.27. The van der Waals surface area contributed by atoms with Crippen molar-refractivity contribution in [2.45, 2.75) is 79.1 Å². The maximum absolute atomic E-state index is 13.2. The number of rotatable bonds is 14. The van der Waals surface area contributed by atoms with Crippen LogP contribution in [0.3, 0.4) is 0 Å². The van der Waals surface area contributed by atoms with Crippen LogP contribution in [-0.2, 0) is 13.4 Å². The van der Waals surface area contributed by atoms with Crippen LogP contribution in [0.15, 0.2) is 0 Å². The maximum Gasteiger partial charge on any atom is 0.475 e. The molecule has 0 aromatic rings. The zero-order chi connectivity index (χ0) is 17.9. The van der Waals surface area contributed by atoms with Crippen LogP contribution in [0, 0.1) is 11.8 Å². The minimum absolute atomic E-state index is 0. The minimum atomic E-state index is -4.74. The van der Waals surface area contributed by atoms with Crippen molar-refractivity contribution in [1.82, 2.24) is 0 Å². The van der Waals surface area contributed by atoms with E-state index in [4.69, 9.17) is 4.31 Å². The zero-order valence-electron chi connectivity index (χ0n) is 15.2. The molecule has 2 unspecified atom stereocenters. The van der Waals surface area contributed by atoms with Crippen molar-refractivity contribution in [2.24, 2.45) is 11.8 Å². The van der Waals surface area contributed by atoms with Crippen LogP contribution >= 0.6 is 15.2 Å². The molecular formula is C16H39AlO5P2. The molecule has 0 aromatic carbocycles. The van der Waals surface area contributed by atoms with E-state index in [0.717, 1.165) is 51.4 Å². The Bertz CT molecular complexity index is 378. The summed E-state index contributed by atoms with van der Waals surface area (Å²) in [5, 5.41) is 0. The van der Waals surface area contributed by atoms with E-state index >= 15 is 0 Å². The summed E-state index contributed by atoms with van der Waals surface area (Å²) < 4.78 is 29.4. The van der Waals surface area contributed by atoms with Gasteiger partial charge in [-0.3, -0.25) is 4.57 Å². The molecule has 2 atom stereocenters. The Balaban J connectivity index is 0. The van der Waals surface area contributed by atoms with E-state index in [0.29, 0.717) is 0 Å². The number of phosphoric acid groups is 1. The second-order valence-electron chi connectivity index (χ2n) is 6.58. The SMILES string of the molecule is CCCCC(CC)CP(=O)(CC(CC)CCCC)OP(=O)(O)O.[AlH3]. The summed E-state index contributed by atoms with van der Waals surface area (Å²) >= 11 is 0. The van der Waals surface area contributed by atoms with Crippen molar-refractivity contribution in [3.63, 3.8) is 0 Å². The van der Waals surface area contributed by atoms with Crippen molar-refractivity contribution in [3.05, 3.63) is 0 Å². The number of hydrogen-bond donors (Lipinski definition) is 2. The Labute approximate surface area is 159 Å². The fraction of sp³-hybridized carbons (Fsp3) is 1.00. The van der Waals surface area contributed by atoms with Gasteiger partial charge in [0.05, 0.1) is 0 Å². The quantitative estimate of drug-likeness (QED) is 0.328. The summed E-state index contributed by atoms with van der Waals surface area (Å²) in [6.07, 6.45) is 8.39. The summed E-state index contributed by atoms with van der Waals surface area (Å²) in [5.41, 5.74) is 0. The zero-order valence-corrected chi connectivity index (χ0v) is 17.0. The van der Waals surface area contributed by atoms with Crippen molar-refractivity contribution in [2.75, 3.05) is 12.3 Å². The monoisotopic (exact) mass is 400 g/mol. The van der Waals surface area contributed by atoms with Gasteiger partial charge in [-0.05, 0) is 24.7 Å². The average molecular weight is 400 g/mol. The first-order chi connectivity index (χ1) is 10.7. The standard InChI is InChI=1S/C16H36O5P2.Al.3H/c1-5-9-11-15(7-3)13-22(17,21-23(18,19)20)14-16(8-4)12-10-6-2;;;;/h15-16H,5-14H2,1-4H3,(H2,18,19,20);;;;. The molecule has 0 rings (SSSR count). The van der Waals surface area contributed by atoms with Gasteiger partial charge in [0.1, 0.15) is 0 Å². The third kappa shape index (κ3) is 13.1. The lowest BCUT2D eigenvalue weighted by Crippen LogP contribution is -2.14. The molecule has 0 heterocycles. The molecule has 0 aliphatic carbocycles. The normalized spacial score (nSPS) is 16.9. The minimum Gasteiger partial charge on any atom is -0.302 e. The molecule has 24 heavy (non-hydrogen) atoms. The predicted molar refractivity (Wildman–Crippen MR) is 107 cm³/mol. The molecule has 2 N–H and O–H groups in total. The molecule has 0 aliphatic heterocycles. The molecule has 0 fully saturated rings. The number of unbranched alkanes of at least 4 members (excludes halogenated alkanes) is 2. The smallest absolute Gasteiger partial charge is 0.302 e. The average Bonchev–Trinajstić information content (AvgIpc) is 2.45. The Morgan fingerprint density at radius 2 is 1.21 bits per heavy atom. The van der Waals surface area contributed by atoms with Gasteiger partial charge in [0.15, 0.2) is 17.4 Å². The summed E-state index contributed by atoms with van der Waals surface area (Å²) in [6.45, 7) is 8.29. The van der Waals surface area contributed by atoms with Gasteiger partial charge in [-0.25, -0.2) is 8.88 Å². The Morgan fingerprint density at radius 3 is 1.46 bits per heavy atom. The van der Waals surface area contributed by atoms with Gasteiger partial charge >= 0.3 is 7.82 Å². The highest BCUT2D eigenvalue weighted by molar-refractivity contribution is 7.67. The lowest BCUT2D eigenvalue weighted by molar-refractivity contribution is 0.279. The van der Waals surface area contributed by atoms with Crippen LogP contribution in [0.5, 0.6) is 0 Å². The van der Waals surface area contributed by atoms with Crippen LogP contribution in [0.25, 0.3) is 0 Å². The van der Waals surface area contributed by atoms with Crippen molar-refractivity contribution in [3.8, 4) is 0 Å². The van der Waals surface area contributed by atoms with Gasteiger partial charge in [0.25, 0.3) is 0 Å². The highest BCUT2D eigenvalue weighted by Crippen LogP contribution is 2.62. The first-order valence-electron chi connectivity index (χ1n) is 9.04. The van der Waals surface area contributed by atoms with Crippen LogP contribution in [0.4, 0.5) is 0 Å². The van der Waals surface area contributed by atoms with Crippen LogP contribution in [0.2, 0.25) is 0 Å². The second-order valence-corrected chi connectivity index (χ2v) is 10.6. The van der Waals surface area contributed by atoms with E-state index in [9.17, 15) is 18.9 Å². The molecule has 0 aromatic heterocycles. The molecule has 0 saturated heterocycles. The van der Waals surface area contributed by atoms with E-state index in [2.05, 4.69) is 13.8 Å². The molecular weight excluding hydrogens is 361 g/mol. The van der Waals surface area contributed by atoms with Crippen molar-refractivity contribution < 1.29 is 23.2 Å². The first kappa shape index (κ1) is 27.1. The summed E-state index contributed by atoms with van der Waals surface area (Å²) in [7, 11) is -8.07. The molecule has 0 spiro atoms. The highest BCUT2D eigenvalue weighted by atomic mass is 31.3. The van der Waals surface area contributed by atoms with Gasteiger partial charge < -0.3 is 9.79 Å². The van der Waals surface area contributed by atoms with Gasteiger partial charge in [0.2, 0.25) is 7.37 Å². The molecule has 0 saturated carbocycles. The Kier molecular flexibility index (Phi) is 15.8. The molecule has 0 bridgehead atoms. The first-order valence-corrected chi connectivity index (χ1v) is 12.6. The fourth-order valence-electron chi connectivity index (χ4n) is 2.96. The van der Waals surface area contributed by atoms with Gasteiger partial charge in [-0.2, -0.15) is 0 Å². The van der Waals surface area contributed by atoms with Crippen molar-refractivity contribution in [1.29, 1.82) is 0 Å². The predicted octanol–water partition coefficient (Wildman–Crippen LogP) is 4.62. The van der Waals surface area contributed by atoms with Gasteiger partial charge in [-0.1, -0.05) is 66.2 Å². The lowest BCUT2D eigenvalue weighted by atomic mass is 10.0. The van der Waals surface area contributed by atoms with E-state index in [1.807, 2.05) is 13.8 Å². The molecule has 5 nitrogen and oxygen atoms in total. The molecule has 0 amide bonds. The van der Waals surface area contributed by atoms with E-state index in [1.165, 1.54) is 0 Å². The largest absolute Gasteiger partial charge is 0.475 e. The molecule has 146 valence electrons. The van der Waals surface area contributed by atoms with Crippen LogP contribution in [-0.4, -0.2) is 39.5 Å². The third-order valence-corrected chi connectivity index (χ3v) is 8.60. The maximum atomic E-state index is 13.2. The van der Waals surface area contributed by atoms with Crippen LogP contribution in [0.1, 0.15) is 79.1 Å². The molecule has 0 radical (unpaired) electrons. The Morgan fingerprint density at radius 1 is 0.833 bits per heavy atom. The fourth-order valence-corrected chi connectivity index (χ4v) is 7.64. The van der Waals surface area contributed by atoms with E-state index < -0.39 is 15.2 Å². The molecule has 0 aliphatic rings. The van der Waals surface area contributed by atoms with E-state index in [1.54, 1.807) is 0 Å². The highest BCUT2D eigenvalue weighted by Gasteiger charge is 2.36. The van der Waals surface area contributed by atoms with Gasteiger partial charge in [0, 0.05) is 12.3 Å². The molecule has 8 heteroatoms. The third-order valence-electron chi connectivity index (χ3n) is 4.41. The second kappa shape index (κ2) is 14.0. The Hall–Kier alpha value is 0.872. The van der Waals surface area contributed by atoms with E-state index in [-0.39, 0.29) is 41.5 Å². The van der Waals surface area contributed by atoms with Crippen LogP contribution < -0.4 is 0 Å². The summed E-state index contributed by atoms with van der Waals surface area (Å²) in [4.78, 5) is 18.4. The topological polar surface area (TPSA) is 83.8 Å². The summed E-state index contributed by atoms with van der Waals surface area (Å²) in [6, 6.07) is 0. The van der Waals surface area contributed by atoms with Gasteiger partial charge in [-0.15, -0.1) is 0 Å². The summed E-state index contributed by atoms with van der Waals surface area (Å²) in [5.74, 6) is 0.409. The number of hydrogen-bond acceptors (Lipinski definition) is 3. The van der Waals surface area contributed by atoms with Crippen molar-refractivity contribution >= 4 is 32.6 Å².